The van der Waals surface area contributed by atoms with Crippen LogP contribution in [-0.2, 0) is 11.3 Å². The molecule has 0 spiro atoms. The van der Waals surface area contributed by atoms with Crippen molar-refractivity contribution in [1.29, 1.82) is 0 Å². The Balaban J connectivity index is 2.70. The Morgan fingerprint density at radius 1 is 1.43 bits per heavy atom. The SMILES string of the molecule is [2H]/C(CO)=C(/[2H])C([2H])([2H])OCc1ccc(Br)cc1. The van der Waals surface area contributed by atoms with Crippen LogP contribution in [0.4, 0.5) is 0 Å². The highest BCUT2D eigenvalue weighted by atomic mass is 79.9. The summed E-state index contributed by atoms with van der Waals surface area (Å²) in [5, 5.41) is 8.69. The van der Waals surface area contributed by atoms with Crippen LogP contribution in [0.3, 0.4) is 0 Å². The highest BCUT2D eigenvalue weighted by molar-refractivity contribution is 9.10. The lowest BCUT2D eigenvalue weighted by Gasteiger charge is -2.01. The van der Waals surface area contributed by atoms with E-state index in [2.05, 4.69) is 15.9 Å². The number of halogens is 1. The number of hydrogen-bond donors (Lipinski definition) is 1. The molecular formula is C11H13BrO2. The van der Waals surface area contributed by atoms with Crippen LogP contribution in [0.25, 0.3) is 0 Å². The van der Waals surface area contributed by atoms with Crippen molar-refractivity contribution in [1.82, 2.24) is 0 Å². The van der Waals surface area contributed by atoms with Crippen molar-refractivity contribution in [2.24, 2.45) is 0 Å². The summed E-state index contributed by atoms with van der Waals surface area (Å²) in [5.74, 6) is 0. The monoisotopic (exact) mass is 260 g/mol. The first-order valence-electron chi connectivity index (χ1n) is 6.03. The molecule has 1 aromatic rings. The van der Waals surface area contributed by atoms with Gasteiger partial charge in [0.15, 0.2) is 0 Å². The standard InChI is InChI=1S/C11H13BrO2/c12-11-5-3-10(4-6-11)9-14-8-2-1-7-13/h1-6,13H,7-9H2/b2-1+/i1D,2D,8D2. The summed E-state index contributed by atoms with van der Waals surface area (Å²) in [6, 6.07) is 5.98. The summed E-state index contributed by atoms with van der Waals surface area (Å²) in [6.07, 6.45) is 0. The largest absolute Gasteiger partial charge is 0.392 e. The topological polar surface area (TPSA) is 29.5 Å². The van der Waals surface area contributed by atoms with Crippen LogP contribution >= 0.6 is 15.9 Å². The van der Waals surface area contributed by atoms with Gasteiger partial charge < -0.3 is 9.84 Å². The zero-order chi connectivity index (χ0) is 13.8. The number of hydrogen-bond acceptors (Lipinski definition) is 2. The lowest BCUT2D eigenvalue weighted by Crippen LogP contribution is -1.92. The molecule has 0 heterocycles. The smallest absolute Gasteiger partial charge is 0.0721 e. The first-order valence-corrected chi connectivity index (χ1v) is 4.82. The molecule has 0 atom stereocenters. The van der Waals surface area contributed by atoms with Gasteiger partial charge in [-0.2, -0.15) is 0 Å². The molecule has 0 saturated carbocycles. The predicted molar refractivity (Wildman–Crippen MR) is 60.0 cm³/mol. The zero-order valence-electron chi connectivity index (χ0n) is 11.5. The minimum atomic E-state index is -2.38. The van der Waals surface area contributed by atoms with E-state index in [-0.39, 0.29) is 6.61 Å². The third-order valence-electron chi connectivity index (χ3n) is 1.44. The summed E-state index contributed by atoms with van der Waals surface area (Å²) in [4.78, 5) is 0. The van der Waals surface area contributed by atoms with Crippen molar-refractivity contribution in [3.63, 3.8) is 0 Å². The van der Waals surface area contributed by atoms with Crippen molar-refractivity contribution < 1.29 is 15.3 Å². The molecular weight excluding hydrogens is 244 g/mol. The van der Waals surface area contributed by atoms with Gasteiger partial charge in [0.25, 0.3) is 0 Å². The second-order valence-electron chi connectivity index (χ2n) is 2.48. The summed E-state index contributed by atoms with van der Waals surface area (Å²) in [6.45, 7) is -3.08. The third-order valence-corrected chi connectivity index (χ3v) is 1.97. The summed E-state index contributed by atoms with van der Waals surface area (Å²) < 4.78 is 35.5. The molecule has 1 aromatic carbocycles. The Hall–Kier alpha value is -0.640. The molecule has 0 unspecified atom stereocenters. The van der Waals surface area contributed by atoms with Crippen LogP contribution in [-0.4, -0.2) is 18.3 Å². The van der Waals surface area contributed by atoms with Crippen molar-refractivity contribution in [3.05, 3.63) is 46.4 Å². The number of ether oxygens (including phenoxy) is 1. The summed E-state index contributed by atoms with van der Waals surface area (Å²) in [7, 11) is 0. The van der Waals surface area contributed by atoms with Gasteiger partial charge >= 0.3 is 0 Å². The van der Waals surface area contributed by atoms with Crippen molar-refractivity contribution in [2.75, 3.05) is 13.2 Å². The highest BCUT2D eigenvalue weighted by Crippen LogP contribution is 2.10. The lowest BCUT2D eigenvalue weighted by atomic mass is 10.2. The Bertz CT molecular complexity index is 431. The Morgan fingerprint density at radius 2 is 2.14 bits per heavy atom. The lowest BCUT2D eigenvalue weighted by molar-refractivity contribution is 0.148. The van der Waals surface area contributed by atoms with Crippen LogP contribution in [0.1, 0.15) is 11.0 Å². The van der Waals surface area contributed by atoms with Gasteiger partial charge in [-0.3, -0.25) is 0 Å². The van der Waals surface area contributed by atoms with Gasteiger partial charge in [-0.25, -0.2) is 0 Å². The van der Waals surface area contributed by atoms with Crippen molar-refractivity contribution in [2.45, 2.75) is 6.61 Å². The molecule has 1 N–H and O–H groups in total. The van der Waals surface area contributed by atoms with Gasteiger partial charge in [-0.15, -0.1) is 0 Å². The number of benzene rings is 1. The molecule has 2 nitrogen and oxygen atoms in total. The number of aliphatic hydroxyl groups is 1. The van der Waals surface area contributed by atoms with Gasteiger partial charge in [0, 0.05) is 4.47 Å². The van der Waals surface area contributed by atoms with E-state index in [0.29, 0.717) is 0 Å². The molecule has 0 amide bonds. The molecule has 0 aliphatic rings. The van der Waals surface area contributed by atoms with E-state index in [1.54, 1.807) is 24.3 Å². The molecule has 3 heteroatoms. The van der Waals surface area contributed by atoms with E-state index in [1.165, 1.54) is 0 Å². The number of aliphatic hydroxyl groups excluding tert-OH is 1. The van der Waals surface area contributed by atoms with Gasteiger partial charge in [-0.05, 0) is 17.7 Å². The molecule has 1 rings (SSSR count). The second kappa shape index (κ2) is 6.76. The Morgan fingerprint density at radius 3 is 2.79 bits per heavy atom. The normalized spacial score (nSPS) is 17.6. The fourth-order valence-electron chi connectivity index (χ4n) is 0.812. The third kappa shape index (κ3) is 4.56. The van der Waals surface area contributed by atoms with Gasteiger partial charge in [0.05, 0.1) is 25.3 Å². The second-order valence-corrected chi connectivity index (χ2v) is 3.39. The van der Waals surface area contributed by atoms with Gasteiger partial charge in [0.2, 0.25) is 0 Å². The minimum absolute atomic E-state index is 0.0125. The minimum Gasteiger partial charge on any atom is -0.392 e. The van der Waals surface area contributed by atoms with Gasteiger partial charge in [0.1, 0.15) is 0 Å². The summed E-state index contributed by atoms with van der Waals surface area (Å²) >= 11 is 3.28. The van der Waals surface area contributed by atoms with Crippen LogP contribution in [0.15, 0.2) is 40.8 Å². The van der Waals surface area contributed by atoms with Crippen LogP contribution in [0.2, 0.25) is 0 Å². The quantitative estimate of drug-likeness (QED) is 0.825. The first-order chi connectivity index (χ1) is 8.36. The van der Waals surface area contributed by atoms with Crippen LogP contribution in [0.5, 0.6) is 0 Å². The molecule has 0 aromatic heterocycles. The average molecular weight is 261 g/mol. The Kier molecular flexibility index (Phi) is 3.27. The molecule has 0 saturated heterocycles. The average Bonchev–Trinajstić information content (AvgIpc) is 2.36. The first kappa shape index (κ1) is 6.77. The summed E-state index contributed by atoms with van der Waals surface area (Å²) in [5.41, 5.74) is 0.755. The fraction of sp³-hybridized carbons (Fsp3) is 0.273. The fourth-order valence-corrected chi connectivity index (χ4v) is 1.08. The van der Waals surface area contributed by atoms with E-state index < -0.39 is 25.3 Å². The molecule has 0 aliphatic heterocycles. The molecule has 0 fully saturated rings. The molecule has 76 valence electrons. The van der Waals surface area contributed by atoms with E-state index >= 15 is 0 Å². The maximum absolute atomic E-state index is 8.69. The predicted octanol–water partition coefficient (Wildman–Crippen LogP) is 2.51. The Labute approximate surface area is 98.0 Å². The van der Waals surface area contributed by atoms with E-state index in [1.807, 2.05) is 0 Å². The number of rotatable bonds is 5. The molecule has 0 aliphatic carbocycles. The maximum atomic E-state index is 8.69. The zero-order valence-corrected chi connectivity index (χ0v) is 9.04. The van der Waals surface area contributed by atoms with Crippen LogP contribution in [0, 0.1) is 0 Å². The molecule has 0 radical (unpaired) electrons. The van der Waals surface area contributed by atoms with E-state index in [4.69, 9.17) is 15.3 Å². The molecule has 0 bridgehead atoms. The van der Waals surface area contributed by atoms with E-state index in [0.717, 1.165) is 10.0 Å². The highest BCUT2D eigenvalue weighted by Gasteiger charge is 1.91. The van der Waals surface area contributed by atoms with Crippen molar-refractivity contribution in [3.8, 4) is 0 Å². The van der Waals surface area contributed by atoms with E-state index in [9.17, 15) is 0 Å². The molecule has 14 heavy (non-hydrogen) atoms. The van der Waals surface area contributed by atoms with Gasteiger partial charge in [-0.1, -0.05) is 40.2 Å². The maximum Gasteiger partial charge on any atom is 0.0721 e. The van der Waals surface area contributed by atoms with Crippen molar-refractivity contribution >= 4 is 15.9 Å². The van der Waals surface area contributed by atoms with Crippen LogP contribution < -0.4 is 0 Å².